The van der Waals surface area contributed by atoms with E-state index in [-0.39, 0.29) is 0 Å². The highest BCUT2D eigenvalue weighted by atomic mass is 32.2. The molecule has 1 aliphatic rings. The number of hydrogen-bond donors (Lipinski definition) is 0. The molecule has 1 unspecified atom stereocenters. The van der Waals surface area contributed by atoms with Gasteiger partial charge in [-0.05, 0) is 157 Å². The second kappa shape index (κ2) is 26.4. The molecule has 0 saturated heterocycles. The number of fused-ring (bicyclic) bond motifs is 1. The zero-order valence-corrected chi connectivity index (χ0v) is 46.1. The van der Waals surface area contributed by atoms with Crippen LogP contribution in [-0.2, 0) is 25.7 Å². The Morgan fingerprint density at radius 3 is 1.57 bits per heavy atom. The van der Waals surface area contributed by atoms with E-state index in [2.05, 4.69) is 117 Å². The molecule has 67 heavy (non-hydrogen) atoms. The Labute approximate surface area is 431 Å². The van der Waals surface area contributed by atoms with Crippen LogP contribution in [0.4, 0.5) is 0 Å². The van der Waals surface area contributed by atoms with E-state index in [1.807, 2.05) is 68.4 Å². The number of rotatable bonds is 28. The molecule has 0 radical (unpaired) electrons. The summed E-state index contributed by atoms with van der Waals surface area (Å²) in [4.78, 5) is 12.6. The highest BCUT2D eigenvalue weighted by Crippen LogP contribution is 2.52. The lowest BCUT2D eigenvalue weighted by atomic mass is 10.0. The molecule has 0 fully saturated rings. The van der Waals surface area contributed by atoms with Crippen molar-refractivity contribution in [2.45, 2.75) is 168 Å². The van der Waals surface area contributed by atoms with E-state index in [0.29, 0.717) is 5.25 Å². The van der Waals surface area contributed by atoms with Crippen molar-refractivity contribution < 1.29 is 0 Å². The predicted molar refractivity (Wildman–Crippen MR) is 309 cm³/mol. The van der Waals surface area contributed by atoms with Crippen LogP contribution in [0.1, 0.15) is 194 Å². The summed E-state index contributed by atoms with van der Waals surface area (Å²) in [5.41, 5.74) is 10.7. The quantitative estimate of drug-likeness (QED) is 0.0457. The minimum Gasteiger partial charge on any atom is -0.173 e. The largest absolute Gasteiger partial charge is 0.173 e. The first kappa shape index (κ1) is 50.5. The second-order valence-electron chi connectivity index (χ2n) is 18.3. The van der Waals surface area contributed by atoms with E-state index in [4.69, 9.17) is 8.75 Å². The summed E-state index contributed by atoms with van der Waals surface area (Å²) in [5, 5.41) is 4.89. The normalized spacial score (nSPS) is 14.3. The maximum Gasteiger partial charge on any atom is 0.113 e. The van der Waals surface area contributed by atoms with E-state index in [9.17, 15) is 0 Å². The number of aryl methyl sites for hydroxylation is 4. The van der Waals surface area contributed by atoms with E-state index in [1.54, 1.807) is 0 Å². The first-order valence-electron chi connectivity index (χ1n) is 25.5. The molecule has 354 valence electrons. The molecule has 0 aliphatic carbocycles. The molecule has 1 aromatic carbocycles. The number of thiophene rings is 5. The number of benzene rings is 1. The molecule has 0 bridgehead atoms. The van der Waals surface area contributed by atoms with Crippen LogP contribution in [0.15, 0.2) is 65.4 Å². The van der Waals surface area contributed by atoms with Crippen molar-refractivity contribution in [2.75, 3.05) is 0 Å². The average Bonchev–Trinajstić information content (AvgIpc) is 4.21. The molecule has 6 aromatic heterocycles. The fourth-order valence-corrected chi connectivity index (χ4v) is 16.3. The van der Waals surface area contributed by atoms with Crippen LogP contribution in [0, 0.1) is 0 Å². The van der Waals surface area contributed by atoms with Crippen molar-refractivity contribution in [1.82, 2.24) is 8.75 Å². The maximum atomic E-state index is 4.98. The maximum absolute atomic E-state index is 4.98. The summed E-state index contributed by atoms with van der Waals surface area (Å²) >= 11 is 13.0. The molecule has 7 heterocycles. The van der Waals surface area contributed by atoms with Gasteiger partial charge in [0.1, 0.15) is 11.0 Å². The van der Waals surface area contributed by atoms with Gasteiger partial charge in [0.25, 0.3) is 0 Å². The van der Waals surface area contributed by atoms with Gasteiger partial charge >= 0.3 is 0 Å². The van der Waals surface area contributed by atoms with Gasteiger partial charge < -0.3 is 0 Å². The molecule has 0 spiro atoms. The Kier molecular flexibility index (Phi) is 19.9. The number of nitrogens with zero attached hydrogens (tertiary/aromatic N) is 2. The van der Waals surface area contributed by atoms with E-state index >= 15 is 0 Å². The van der Waals surface area contributed by atoms with Crippen molar-refractivity contribution >= 4 is 120 Å². The molecule has 8 rings (SSSR count). The lowest BCUT2D eigenvalue weighted by Gasteiger charge is -2.12. The van der Waals surface area contributed by atoms with Crippen molar-refractivity contribution in [3.63, 3.8) is 0 Å². The third-order valence-corrected chi connectivity index (χ3v) is 20.7. The van der Waals surface area contributed by atoms with Gasteiger partial charge in [-0.3, -0.25) is 0 Å². The molecular weight excluding hydrogens is 949 g/mol. The Bertz CT molecular complexity index is 2690. The molecular formula is C58H70N2S7. The zero-order chi connectivity index (χ0) is 46.2. The summed E-state index contributed by atoms with van der Waals surface area (Å²) in [7, 11) is 0. The zero-order valence-electron chi connectivity index (χ0n) is 40.3. The van der Waals surface area contributed by atoms with Crippen LogP contribution in [0.25, 0.3) is 60.4 Å². The first-order valence-corrected chi connectivity index (χ1v) is 31.4. The van der Waals surface area contributed by atoms with Gasteiger partial charge in [0.2, 0.25) is 0 Å². The SMILES string of the molecule is CCCCCCc1ccsc1/C=C/c1sc(C2=CCC(c3ccc(-c4ccc(-c5cc(CCCCCC)c(/C=C/c6sccc6CCCCCC)s5)s4)c4nsnc34)S2)cc1CCCCCC. The first-order chi connectivity index (χ1) is 33.1. The Morgan fingerprint density at radius 2 is 0.985 bits per heavy atom. The monoisotopic (exact) mass is 1020 g/mol. The molecule has 7 aromatic rings. The standard InChI is InChI=1S/C58H70N2S7/c1-5-9-13-17-21-41-35-37-61-47(41)27-29-49-43(23-19-15-11-7-3)39-55(63-49)53-33-31-51(65-53)45-25-26-46(58-57(45)59-67-60-58)52-32-34-54(66-52)56-40-44(24-20-16-12-8-4)50(64-56)30-28-48-42(36-38-62-48)22-18-14-10-6-2/h25-31,33-40,52H,5-24,32H2,1-4H3/b29-27+,30-28+. The summed E-state index contributed by atoms with van der Waals surface area (Å²) < 4.78 is 9.95. The predicted octanol–water partition coefficient (Wildman–Crippen LogP) is 21.4. The molecule has 1 aliphatic heterocycles. The van der Waals surface area contributed by atoms with Gasteiger partial charge in [-0.15, -0.1) is 68.4 Å². The highest BCUT2D eigenvalue weighted by molar-refractivity contribution is 8.09. The smallest absolute Gasteiger partial charge is 0.113 e. The van der Waals surface area contributed by atoms with Crippen molar-refractivity contribution in [2.24, 2.45) is 0 Å². The molecule has 1 atom stereocenters. The minimum absolute atomic E-state index is 0.337. The van der Waals surface area contributed by atoms with Crippen LogP contribution < -0.4 is 0 Å². The molecule has 0 N–H and O–H groups in total. The number of thioether (sulfide) groups is 1. The number of hydrogen-bond acceptors (Lipinski definition) is 9. The molecule has 0 saturated carbocycles. The minimum atomic E-state index is 0.337. The second-order valence-corrected chi connectivity index (χ2v) is 25.2. The Morgan fingerprint density at radius 1 is 0.478 bits per heavy atom. The van der Waals surface area contributed by atoms with Crippen LogP contribution in [0.2, 0.25) is 0 Å². The average molecular weight is 1020 g/mol. The van der Waals surface area contributed by atoms with Crippen molar-refractivity contribution in [1.29, 1.82) is 0 Å². The van der Waals surface area contributed by atoms with Gasteiger partial charge in [0.15, 0.2) is 0 Å². The van der Waals surface area contributed by atoms with Gasteiger partial charge in [0.05, 0.1) is 11.7 Å². The topological polar surface area (TPSA) is 25.8 Å². The van der Waals surface area contributed by atoms with Gasteiger partial charge in [-0.2, -0.15) is 8.75 Å². The third kappa shape index (κ3) is 13.5. The summed E-state index contributed by atoms with van der Waals surface area (Å²) in [5.74, 6) is 0. The van der Waals surface area contributed by atoms with Crippen LogP contribution in [0.3, 0.4) is 0 Å². The van der Waals surface area contributed by atoms with Gasteiger partial charge in [-0.1, -0.05) is 123 Å². The van der Waals surface area contributed by atoms with Crippen LogP contribution >= 0.6 is 80.2 Å². The van der Waals surface area contributed by atoms with Crippen molar-refractivity contribution in [3.05, 3.63) is 118 Å². The molecule has 0 amide bonds. The van der Waals surface area contributed by atoms with Gasteiger partial charge in [0, 0.05) is 54.7 Å². The molecule has 2 nitrogen and oxygen atoms in total. The fourth-order valence-electron chi connectivity index (χ4n) is 9.25. The van der Waals surface area contributed by atoms with E-state index in [1.165, 1.54) is 205 Å². The summed E-state index contributed by atoms with van der Waals surface area (Å²) in [6.07, 6.45) is 38.6. The van der Waals surface area contributed by atoms with Crippen LogP contribution in [0.5, 0.6) is 0 Å². The third-order valence-electron chi connectivity index (χ3n) is 13.2. The molecule has 9 heteroatoms. The number of unbranched alkanes of at least 4 members (excludes halogenated alkanes) is 12. The Hall–Kier alpha value is -2.89. The number of aromatic nitrogens is 2. The highest BCUT2D eigenvalue weighted by Gasteiger charge is 2.27. The van der Waals surface area contributed by atoms with Crippen LogP contribution in [-0.4, -0.2) is 8.75 Å². The summed E-state index contributed by atoms with van der Waals surface area (Å²) in [6, 6.07) is 19.1. The lowest BCUT2D eigenvalue weighted by molar-refractivity contribution is 0.667. The van der Waals surface area contributed by atoms with E-state index < -0.39 is 0 Å². The fraction of sp³-hybridized carbons (Fsp3) is 0.448. The lowest BCUT2D eigenvalue weighted by Crippen LogP contribution is -1.92. The Balaban J connectivity index is 0.978. The number of allylic oxidation sites excluding steroid dienone is 1. The summed E-state index contributed by atoms with van der Waals surface area (Å²) in [6.45, 7) is 9.20. The van der Waals surface area contributed by atoms with E-state index in [0.717, 1.165) is 30.3 Å². The van der Waals surface area contributed by atoms with Crippen molar-refractivity contribution in [3.8, 4) is 20.2 Å². The van der Waals surface area contributed by atoms with Gasteiger partial charge in [-0.25, -0.2) is 0 Å².